The molecule has 0 aromatic heterocycles. The van der Waals surface area contributed by atoms with Crippen LogP contribution in [0.15, 0.2) is 0 Å². The van der Waals surface area contributed by atoms with Gasteiger partial charge in [-0.3, -0.25) is 14.5 Å². The molecular formula is C13H26N4O2. The SMILES string of the molecule is CN(CCCN)C(=O)CN(CC(N)=O)C1CCCC1. The maximum atomic E-state index is 12.1. The van der Waals surface area contributed by atoms with Crippen LogP contribution in [0, 0.1) is 0 Å². The van der Waals surface area contributed by atoms with Crippen LogP contribution in [0.4, 0.5) is 0 Å². The van der Waals surface area contributed by atoms with Gasteiger partial charge in [0.05, 0.1) is 13.1 Å². The van der Waals surface area contributed by atoms with Gasteiger partial charge in [0.1, 0.15) is 0 Å². The van der Waals surface area contributed by atoms with Gasteiger partial charge in [0.2, 0.25) is 11.8 Å². The average Bonchev–Trinajstić information content (AvgIpc) is 2.88. The van der Waals surface area contributed by atoms with E-state index < -0.39 is 0 Å². The van der Waals surface area contributed by atoms with Crippen LogP contribution in [0.25, 0.3) is 0 Å². The Hall–Kier alpha value is -1.14. The maximum Gasteiger partial charge on any atom is 0.236 e. The number of rotatable bonds is 8. The summed E-state index contributed by atoms with van der Waals surface area (Å²) in [5.74, 6) is -0.342. The van der Waals surface area contributed by atoms with E-state index in [1.807, 2.05) is 4.90 Å². The van der Waals surface area contributed by atoms with Gasteiger partial charge in [0.15, 0.2) is 0 Å². The molecule has 0 saturated heterocycles. The fourth-order valence-electron chi connectivity index (χ4n) is 2.53. The summed E-state index contributed by atoms with van der Waals surface area (Å²) in [7, 11) is 1.77. The van der Waals surface area contributed by atoms with Crippen molar-refractivity contribution >= 4 is 11.8 Å². The lowest BCUT2D eigenvalue weighted by molar-refractivity contribution is -0.132. The second-order valence-corrected chi connectivity index (χ2v) is 5.27. The standard InChI is InChI=1S/C13H26N4O2/c1-16(8-4-7-14)13(19)10-17(9-12(15)18)11-5-2-3-6-11/h11H,2-10,14H2,1H3,(H2,15,18). The molecular weight excluding hydrogens is 244 g/mol. The quantitative estimate of drug-likeness (QED) is 0.623. The van der Waals surface area contributed by atoms with Gasteiger partial charge in [0.25, 0.3) is 0 Å². The molecule has 0 aliphatic heterocycles. The normalized spacial score (nSPS) is 15.9. The van der Waals surface area contributed by atoms with Crippen molar-refractivity contribution in [1.82, 2.24) is 9.80 Å². The second kappa shape index (κ2) is 8.12. The van der Waals surface area contributed by atoms with Crippen molar-refractivity contribution in [2.75, 3.05) is 33.2 Å². The molecule has 6 nitrogen and oxygen atoms in total. The molecule has 1 rings (SSSR count). The van der Waals surface area contributed by atoms with E-state index in [0.29, 0.717) is 19.1 Å². The molecule has 0 unspecified atom stereocenters. The first-order valence-corrected chi connectivity index (χ1v) is 7.01. The molecule has 0 aromatic rings. The van der Waals surface area contributed by atoms with E-state index in [-0.39, 0.29) is 24.9 Å². The molecule has 0 spiro atoms. The second-order valence-electron chi connectivity index (χ2n) is 5.27. The number of hydrogen-bond acceptors (Lipinski definition) is 4. The summed E-state index contributed by atoms with van der Waals surface area (Å²) in [6, 6.07) is 0.319. The van der Waals surface area contributed by atoms with Gasteiger partial charge in [0, 0.05) is 19.6 Å². The van der Waals surface area contributed by atoms with Crippen LogP contribution < -0.4 is 11.5 Å². The van der Waals surface area contributed by atoms with E-state index in [0.717, 1.165) is 32.1 Å². The van der Waals surface area contributed by atoms with Gasteiger partial charge in [-0.2, -0.15) is 0 Å². The number of nitrogens with two attached hydrogens (primary N) is 2. The molecule has 1 saturated carbocycles. The predicted molar refractivity (Wildman–Crippen MR) is 74.3 cm³/mol. The van der Waals surface area contributed by atoms with E-state index in [2.05, 4.69) is 0 Å². The molecule has 0 heterocycles. The number of primary amides is 1. The molecule has 4 N–H and O–H groups in total. The molecule has 6 heteroatoms. The number of hydrogen-bond donors (Lipinski definition) is 2. The molecule has 1 fully saturated rings. The van der Waals surface area contributed by atoms with Crippen molar-refractivity contribution in [3.05, 3.63) is 0 Å². The molecule has 2 amide bonds. The van der Waals surface area contributed by atoms with E-state index in [1.165, 1.54) is 0 Å². The first-order valence-electron chi connectivity index (χ1n) is 7.01. The maximum absolute atomic E-state index is 12.1. The van der Waals surface area contributed by atoms with Gasteiger partial charge < -0.3 is 16.4 Å². The Morgan fingerprint density at radius 3 is 2.37 bits per heavy atom. The lowest BCUT2D eigenvalue weighted by Crippen LogP contribution is -2.46. The summed E-state index contributed by atoms with van der Waals surface area (Å²) in [6.07, 6.45) is 5.22. The van der Waals surface area contributed by atoms with Crippen molar-refractivity contribution in [3.8, 4) is 0 Å². The fourth-order valence-corrected chi connectivity index (χ4v) is 2.53. The largest absolute Gasteiger partial charge is 0.369 e. The summed E-state index contributed by atoms with van der Waals surface area (Å²) in [5, 5.41) is 0. The Balaban J connectivity index is 2.50. The van der Waals surface area contributed by atoms with Crippen molar-refractivity contribution in [2.24, 2.45) is 11.5 Å². The Morgan fingerprint density at radius 1 is 1.21 bits per heavy atom. The third-order valence-electron chi connectivity index (χ3n) is 3.66. The highest BCUT2D eigenvalue weighted by Gasteiger charge is 2.26. The van der Waals surface area contributed by atoms with Crippen LogP contribution in [0.5, 0.6) is 0 Å². The molecule has 110 valence electrons. The molecule has 0 aromatic carbocycles. The number of carbonyl (C=O) groups excluding carboxylic acids is 2. The lowest BCUT2D eigenvalue weighted by atomic mass is 10.2. The fraction of sp³-hybridized carbons (Fsp3) is 0.846. The number of carbonyl (C=O) groups is 2. The first-order chi connectivity index (χ1) is 9.04. The number of likely N-dealkylation sites (N-methyl/N-ethyl adjacent to an activating group) is 1. The third kappa shape index (κ3) is 5.57. The van der Waals surface area contributed by atoms with E-state index in [1.54, 1.807) is 11.9 Å². The zero-order valence-electron chi connectivity index (χ0n) is 11.8. The summed E-state index contributed by atoms with van der Waals surface area (Å²) >= 11 is 0. The Morgan fingerprint density at radius 2 is 1.84 bits per heavy atom. The van der Waals surface area contributed by atoms with Gasteiger partial charge >= 0.3 is 0 Å². The van der Waals surface area contributed by atoms with Crippen LogP contribution in [-0.4, -0.2) is 60.9 Å². The Kier molecular flexibility index (Phi) is 6.80. The summed E-state index contributed by atoms with van der Waals surface area (Å²) in [6.45, 7) is 1.67. The van der Waals surface area contributed by atoms with Crippen LogP contribution in [0.3, 0.4) is 0 Å². The van der Waals surface area contributed by atoms with E-state index in [4.69, 9.17) is 11.5 Å². The highest BCUT2D eigenvalue weighted by molar-refractivity contribution is 5.80. The average molecular weight is 270 g/mol. The van der Waals surface area contributed by atoms with E-state index in [9.17, 15) is 9.59 Å². The lowest BCUT2D eigenvalue weighted by Gasteiger charge is -2.28. The van der Waals surface area contributed by atoms with Gasteiger partial charge in [-0.1, -0.05) is 12.8 Å². The summed E-state index contributed by atoms with van der Waals surface area (Å²) in [5.41, 5.74) is 10.7. The van der Waals surface area contributed by atoms with Crippen molar-refractivity contribution in [2.45, 2.75) is 38.1 Å². The highest BCUT2D eigenvalue weighted by atomic mass is 16.2. The van der Waals surface area contributed by atoms with Gasteiger partial charge in [-0.25, -0.2) is 0 Å². The highest BCUT2D eigenvalue weighted by Crippen LogP contribution is 2.23. The minimum absolute atomic E-state index is 0.0293. The van der Waals surface area contributed by atoms with Crippen LogP contribution in [0.1, 0.15) is 32.1 Å². The Labute approximate surface area is 115 Å². The minimum Gasteiger partial charge on any atom is -0.369 e. The predicted octanol–water partition coefficient (Wildman–Crippen LogP) is -0.476. The first kappa shape index (κ1) is 15.9. The Bertz CT molecular complexity index is 303. The molecule has 19 heavy (non-hydrogen) atoms. The van der Waals surface area contributed by atoms with Crippen molar-refractivity contribution in [3.63, 3.8) is 0 Å². The molecule has 0 bridgehead atoms. The zero-order valence-corrected chi connectivity index (χ0v) is 11.8. The van der Waals surface area contributed by atoms with Crippen molar-refractivity contribution in [1.29, 1.82) is 0 Å². The van der Waals surface area contributed by atoms with Crippen LogP contribution in [0.2, 0.25) is 0 Å². The summed E-state index contributed by atoms with van der Waals surface area (Å²) < 4.78 is 0. The number of nitrogens with zero attached hydrogens (tertiary/aromatic N) is 2. The number of amides is 2. The minimum atomic E-state index is -0.371. The third-order valence-corrected chi connectivity index (χ3v) is 3.66. The molecule has 1 aliphatic carbocycles. The van der Waals surface area contributed by atoms with Gasteiger partial charge in [-0.05, 0) is 25.8 Å². The van der Waals surface area contributed by atoms with Crippen LogP contribution in [-0.2, 0) is 9.59 Å². The molecule has 1 aliphatic rings. The zero-order chi connectivity index (χ0) is 14.3. The summed E-state index contributed by atoms with van der Waals surface area (Å²) in [4.78, 5) is 26.8. The molecule has 0 radical (unpaired) electrons. The monoisotopic (exact) mass is 270 g/mol. The van der Waals surface area contributed by atoms with Crippen LogP contribution >= 0.6 is 0 Å². The topological polar surface area (TPSA) is 92.7 Å². The van der Waals surface area contributed by atoms with Crippen molar-refractivity contribution < 1.29 is 9.59 Å². The van der Waals surface area contributed by atoms with E-state index >= 15 is 0 Å². The van der Waals surface area contributed by atoms with Gasteiger partial charge in [-0.15, -0.1) is 0 Å². The molecule has 0 atom stereocenters. The smallest absolute Gasteiger partial charge is 0.236 e.